The van der Waals surface area contributed by atoms with Gasteiger partial charge >= 0.3 is 0 Å². The van der Waals surface area contributed by atoms with E-state index in [1.807, 2.05) is 19.9 Å². The van der Waals surface area contributed by atoms with Gasteiger partial charge in [-0.2, -0.15) is 5.26 Å². The van der Waals surface area contributed by atoms with Crippen LogP contribution in [0.15, 0.2) is 11.6 Å². The molecule has 94 valence electrons. The fraction of sp³-hybridized carbons (Fsp3) is 0.692. The Hall–Kier alpha value is -1.34. The first-order valence-corrected chi connectivity index (χ1v) is 5.95. The first-order chi connectivity index (χ1) is 8.10. The van der Waals surface area contributed by atoms with Gasteiger partial charge in [-0.05, 0) is 17.9 Å². The van der Waals surface area contributed by atoms with E-state index >= 15 is 0 Å². The van der Waals surface area contributed by atoms with Crippen molar-refractivity contribution in [2.75, 3.05) is 26.8 Å². The lowest BCUT2D eigenvalue weighted by Gasteiger charge is -2.29. The van der Waals surface area contributed by atoms with Crippen LogP contribution in [-0.4, -0.2) is 37.6 Å². The minimum absolute atomic E-state index is 0.0461. The van der Waals surface area contributed by atoms with Gasteiger partial charge in [0.25, 0.3) is 0 Å². The summed E-state index contributed by atoms with van der Waals surface area (Å²) in [7, 11) is 1.67. The second-order valence-electron chi connectivity index (χ2n) is 4.68. The van der Waals surface area contributed by atoms with Crippen molar-refractivity contribution in [3.05, 3.63) is 11.6 Å². The van der Waals surface area contributed by atoms with Crippen LogP contribution in [0.5, 0.6) is 0 Å². The van der Waals surface area contributed by atoms with Crippen LogP contribution in [0.1, 0.15) is 20.3 Å². The molecule has 1 amide bonds. The van der Waals surface area contributed by atoms with Crippen LogP contribution >= 0.6 is 0 Å². The van der Waals surface area contributed by atoms with E-state index < -0.39 is 5.92 Å². The zero-order chi connectivity index (χ0) is 12.8. The number of nitriles is 1. The molecule has 0 N–H and O–H groups in total. The predicted molar refractivity (Wildman–Crippen MR) is 65.1 cm³/mol. The van der Waals surface area contributed by atoms with Gasteiger partial charge < -0.3 is 9.64 Å². The Morgan fingerprint density at radius 3 is 2.76 bits per heavy atom. The van der Waals surface area contributed by atoms with Gasteiger partial charge in [0.2, 0.25) is 5.91 Å². The summed E-state index contributed by atoms with van der Waals surface area (Å²) >= 11 is 0. The lowest BCUT2D eigenvalue weighted by atomic mass is 9.95. The standard InChI is InChI=1S/C13H20N2O2/c1-10(2)12(8-14)13(16)15-6-4-11(5-7-15)9-17-3/h4,10,12H,5-7,9H2,1-3H3. The number of ether oxygens (including phenoxy) is 1. The zero-order valence-corrected chi connectivity index (χ0v) is 10.8. The molecule has 0 aliphatic carbocycles. The summed E-state index contributed by atoms with van der Waals surface area (Å²) in [4.78, 5) is 13.8. The van der Waals surface area contributed by atoms with Gasteiger partial charge in [0, 0.05) is 20.2 Å². The maximum atomic E-state index is 12.1. The normalized spacial score (nSPS) is 17.6. The van der Waals surface area contributed by atoms with Crippen LogP contribution in [0.25, 0.3) is 0 Å². The van der Waals surface area contributed by atoms with Crippen LogP contribution in [0.4, 0.5) is 0 Å². The Kier molecular flexibility index (Phi) is 5.17. The van der Waals surface area contributed by atoms with E-state index in [-0.39, 0.29) is 11.8 Å². The minimum atomic E-state index is -0.521. The van der Waals surface area contributed by atoms with E-state index in [1.54, 1.807) is 12.0 Å². The molecule has 0 aromatic rings. The molecule has 4 heteroatoms. The molecule has 0 aromatic heterocycles. The molecule has 17 heavy (non-hydrogen) atoms. The van der Waals surface area contributed by atoms with Crippen LogP contribution in [0.2, 0.25) is 0 Å². The second kappa shape index (κ2) is 6.41. The summed E-state index contributed by atoms with van der Waals surface area (Å²) in [6.07, 6.45) is 2.87. The van der Waals surface area contributed by atoms with Crippen LogP contribution in [-0.2, 0) is 9.53 Å². The monoisotopic (exact) mass is 236 g/mol. The number of carbonyl (C=O) groups is 1. The summed E-state index contributed by atoms with van der Waals surface area (Å²) in [5.41, 5.74) is 1.23. The number of amides is 1. The largest absolute Gasteiger partial charge is 0.380 e. The van der Waals surface area contributed by atoms with Crippen molar-refractivity contribution in [1.29, 1.82) is 5.26 Å². The maximum Gasteiger partial charge on any atom is 0.240 e. The van der Waals surface area contributed by atoms with Crippen molar-refractivity contribution in [3.8, 4) is 6.07 Å². The Bertz CT molecular complexity index is 342. The summed E-state index contributed by atoms with van der Waals surface area (Å²) < 4.78 is 5.06. The fourth-order valence-corrected chi connectivity index (χ4v) is 1.91. The Morgan fingerprint density at radius 2 is 2.35 bits per heavy atom. The molecule has 1 atom stereocenters. The number of hydrogen-bond donors (Lipinski definition) is 0. The van der Waals surface area contributed by atoms with Gasteiger partial charge in [-0.25, -0.2) is 0 Å². The van der Waals surface area contributed by atoms with Crippen molar-refractivity contribution in [2.45, 2.75) is 20.3 Å². The highest BCUT2D eigenvalue weighted by molar-refractivity contribution is 5.81. The Labute approximate surface area is 103 Å². The molecule has 1 aliphatic heterocycles. The first-order valence-electron chi connectivity index (χ1n) is 5.95. The third kappa shape index (κ3) is 3.57. The SMILES string of the molecule is COCC1=CCN(C(=O)C(C#N)C(C)C)CC1. The molecule has 0 bridgehead atoms. The molecule has 0 spiro atoms. The summed E-state index contributed by atoms with van der Waals surface area (Å²) in [6.45, 7) is 5.74. The predicted octanol–water partition coefficient (Wildman–Crippen LogP) is 1.59. The van der Waals surface area contributed by atoms with Crippen molar-refractivity contribution in [1.82, 2.24) is 4.90 Å². The van der Waals surface area contributed by atoms with Gasteiger partial charge in [0.05, 0.1) is 12.7 Å². The van der Waals surface area contributed by atoms with E-state index in [0.29, 0.717) is 19.7 Å². The second-order valence-corrected chi connectivity index (χ2v) is 4.68. The molecule has 1 heterocycles. The van der Waals surface area contributed by atoms with Crippen molar-refractivity contribution in [3.63, 3.8) is 0 Å². The molecule has 4 nitrogen and oxygen atoms in total. The highest BCUT2D eigenvalue weighted by Crippen LogP contribution is 2.17. The van der Waals surface area contributed by atoms with Crippen molar-refractivity contribution < 1.29 is 9.53 Å². The molecular formula is C13H20N2O2. The average Bonchev–Trinajstić information content (AvgIpc) is 2.30. The Morgan fingerprint density at radius 1 is 1.65 bits per heavy atom. The van der Waals surface area contributed by atoms with Gasteiger partial charge in [0.1, 0.15) is 5.92 Å². The van der Waals surface area contributed by atoms with Crippen LogP contribution in [0.3, 0.4) is 0 Å². The third-order valence-corrected chi connectivity index (χ3v) is 3.02. The molecular weight excluding hydrogens is 216 g/mol. The molecule has 0 radical (unpaired) electrons. The molecule has 1 aliphatic rings. The highest BCUT2D eigenvalue weighted by atomic mass is 16.5. The lowest BCUT2D eigenvalue weighted by molar-refractivity contribution is -0.134. The van der Waals surface area contributed by atoms with Crippen LogP contribution in [0, 0.1) is 23.2 Å². The summed E-state index contributed by atoms with van der Waals surface area (Å²) in [5.74, 6) is -0.501. The molecule has 0 aromatic carbocycles. The zero-order valence-electron chi connectivity index (χ0n) is 10.8. The van der Waals surface area contributed by atoms with E-state index in [0.717, 1.165) is 6.42 Å². The minimum Gasteiger partial charge on any atom is -0.380 e. The first kappa shape index (κ1) is 13.7. The lowest BCUT2D eigenvalue weighted by Crippen LogP contribution is -2.40. The quantitative estimate of drug-likeness (QED) is 0.696. The van der Waals surface area contributed by atoms with Gasteiger partial charge in [-0.3, -0.25) is 4.79 Å². The van der Waals surface area contributed by atoms with Crippen LogP contribution < -0.4 is 0 Å². The molecule has 1 unspecified atom stereocenters. The average molecular weight is 236 g/mol. The topological polar surface area (TPSA) is 53.3 Å². The molecule has 0 fully saturated rings. The fourth-order valence-electron chi connectivity index (χ4n) is 1.91. The molecule has 0 saturated heterocycles. The summed E-state index contributed by atoms with van der Waals surface area (Å²) in [6, 6.07) is 2.10. The van der Waals surface area contributed by atoms with E-state index in [2.05, 4.69) is 6.07 Å². The van der Waals surface area contributed by atoms with Gasteiger partial charge in [-0.15, -0.1) is 0 Å². The number of carbonyl (C=O) groups excluding carboxylic acids is 1. The Balaban J connectivity index is 2.60. The number of methoxy groups -OCH3 is 1. The molecule has 1 rings (SSSR count). The number of rotatable bonds is 4. The number of hydrogen-bond acceptors (Lipinski definition) is 3. The maximum absolute atomic E-state index is 12.1. The van der Waals surface area contributed by atoms with Gasteiger partial charge in [-0.1, -0.05) is 19.9 Å². The molecule has 0 saturated carbocycles. The van der Waals surface area contributed by atoms with E-state index in [1.165, 1.54) is 5.57 Å². The highest BCUT2D eigenvalue weighted by Gasteiger charge is 2.27. The number of nitrogens with zero attached hydrogens (tertiary/aromatic N) is 2. The summed E-state index contributed by atoms with van der Waals surface area (Å²) in [5, 5.41) is 9.00. The van der Waals surface area contributed by atoms with Gasteiger partial charge in [0.15, 0.2) is 0 Å². The van der Waals surface area contributed by atoms with Crippen molar-refractivity contribution >= 4 is 5.91 Å². The third-order valence-electron chi connectivity index (χ3n) is 3.02. The smallest absolute Gasteiger partial charge is 0.240 e. The van der Waals surface area contributed by atoms with E-state index in [4.69, 9.17) is 10.00 Å². The van der Waals surface area contributed by atoms with E-state index in [9.17, 15) is 4.79 Å². The van der Waals surface area contributed by atoms with Crippen molar-refractivity contribution in [2.24, 2.45) is 11.8 Å².